The Kier molecular flexibility index (Phi) is 4.79. The third-order valence-corrected chi connectivity index (χ3v) is 4.40. The Morgan fingerprint density at radius 2 is 1.96 bits per heavy atom. The van der Waals surface area contributed by atoms with Crippen molar-refractivity contribution in [1.29, 1.82) is 0 Å². The number of aromatic nitrogens is 3. The molecule has 0 aliphatic rings. The van der Waals surface area contributed by atoms with Gasteiger partial charge in [-0.15, -0.1) is 0 Å². The molecule has 0 aliphatic heterocycles. The first-order valence-electron chi connectivity index (χ1n) is 8.45. The lowest BCUT2D eigenvalue weighted by Gasteiger charge is -2.18. The predicted octanol–water partition coefficient (Wildman–Crippen LogP) is 4.34. The van der Waals surface area contributed by atoms with Gasteiger partial charge in [-0.1, -0.05) is 19.9 Å². The minimum absolute atomic E-state index is 0.0766. The highest BCUT2D eigenvalue weighted by atomic mass is 19.1. The number of aryl methyl sites for hydroxylation is 1. The first-order chi connectivity index (χ1) is 12.0. The predicted molar refractivity (Wildman–Crippen MR) is 97.8 cm³/mol. The van der Waals surface area contributed by atoms with Gasteiger partial charge in [0.05, 0.1) is 0 Å². The molecule has 0 saturated heterocycles. The molecule has 1 N–H and O–H groups in total. The van der Waals surface area contributed by atoms with Crippen molar-refractivity contribution in [3.8, 4) is 0 Å². The summed E-state index contributed by atoms with van der Waals surface area (Å²) in [5.41, 5.74) is 1.65. The molecule has 0 saturated carbocycles. The molecule has 3 aromatic rings. The molecular weight excluding hydrogens is 319 g/mol. The Morgan fingerprint density at radius 3 is 2.64 bits per heavy atom. The molecule has 0 radical (unpaired) electrons. The lowest BCUT2D eigenvalue weighted by molar-refractivity contribution is 0.470. The minimum atomic E-state index is -0.292. The SMILES string of the molecule is CCC(CC)n1c(=O)ccc2cnc(Nc3ccc(C)c(F)c3)nc21. The molecule has 0 aliphatic carbocycles. The van der Waals surface area contributed by atoms with E-state index in [9.17, 15) is 9.18 Å². The normalized spacial score (nSPS) is 11.2. The summed E-state index contributed by atoms with van der Waals surface area (Å²) >= 11 is 0. The van der Waals surface area contributed by atoms with E-state index in [1.807, 2.05) is 0 Å². The third-order valence-electron chi connectivity index (χ3n) is 4.40. The number of benzene rings is 1. The second kappa shape index (κ2) is 7.01. The topological polar surface area (TPSA) is 59.8 Å². The average molecular weight is 340 g/mol. The van der Waals surface area contributed by atoms with E-state index in [-0.39, 0.29) is 17.4 Å². The zero-order valence-corrected chi connectivity index (χ0v) is 14.6. The van der Waals surface area contributed by atoms with E-state index in [4.69, 9.17) is 0 Å². The van der Waals surface area contributed by atoms with Crippen LogP contribution in [0.15, 0.2) is 41.3 Å². The maximum Gasteiger partial charge on any atom is 0.252 e. The van der Waals surface area contributed by atoms with Crippen LogP contribution in [-0.2, 0) is 0 Å². The molecule has 3 rings (SSSR count). The van der Waals surface area contributed by atoms with Gasteiger partial charge in [0.2, 0.25) is 5.95 Å². The van der Waals surface area contributed by atoms with Crippen molar-refractivity contribution in [3.63, 3.8) is 0 Å². The van der Waals surface area contributed by atoms with Crippen LogP contribution >= 0.6 is 0 Å². The summed E-state index contributed by atoms with van der Waals surface area (Å²) in [6.45, 7) is 5.81. The molecule has 0 spiro atoms. The molecule has 2 heterocycles. The molecule has 0 bridgehead atoms. The smallest absolute Gasteiger partial charge is 0.252 e. The van der Waals surface area contributed by atoms with Crippen LogP contribution in [0.1, 0.15) is 38.3 Å². The highest BCUT2D eigenvalue weighted by molar-refractivity contribution is 5.75. The van der Waals surface area contributed by atoms with Crippen molar-refractivity contribution in [1.82, 2.24) is 14.5 Å². The van der Waals surface area contributed by atoms with E-state index >= 15 is 0 Å². The fraction of sp³-hybridized carbons (Fsp3) is 0.316. The van der Waals surface area contributed by atoms with Crippen LogP contribution in [0, 0.1) is 12.7 Å². The van der Waals surface area contributed by atoms with E-state index < -0.39 is 0 Å². The van der Waals surface area contributed by atoms with Gasteiger partial charge < -0.3 is 5.32 Å². The molecule has 0 atom stereocenters. The zero-order valence-electron chi connectivity index (χ0n) is 14.6. The molecule has 6 heteroatoms. The fourth-order valence-electron chi connectivity index (χ4n) is 2.91. The molecule has 2 aromatic heterocycles. The first kappa shape index (κ1) is 17.1. The van der Waals surface area contributed by atoms with Gasteiger partial charge in [0.15, 0.2) is 0 Å². The number of nitrogens with one attached hydrogen (secondary N) is 1. The monoisotopic (exact) mass is 340 g/mol. The van der Waals surface area contributed by atoms with Crippen LogP contribution in [0.25, 0.3) is 11.0 Å². The Morgan fingerprint density at radius 1 is 1.20 bits per heavy atom. The number of hydrogen-bond donors (Lipinski definition) is 1. The molecule has 0 amide bonds. The van der Waals surface area contributed by atoms with Gasteiger partial charge in [0.25, 0.3) is 5.56 Å². The third kappa shape index (κ3) is 3.38. The van der Waals surface area contributed by atoms with Crippen molar-refractivity contribution >= 4 is 22.7 Å². The van der Waals surface area contributed by atoms with Gasteiger partial charge in [-0.05, 0) is 43.5 Å². The van der Waals surface area contributed by atoms with Crippen LogP contribution in [-0.4, -0.2) is 14.5 Å². The maximum absolute atomic E-state index is 13.7. The number of nitrogens with zero attached hydrogens (tertiary/aromatic N) is 3. The van der Waals surface area contributed by atoms with Gasteiger partial charge in [-0.3, -0.25) is 9.36 Å². The number of halogens is 1. The second-order valence-electron chi connectivity index (χ2n) is 6.07. The van der Waals surface area contributed by atoms with Crippen LogP contribution in [0.3, 0.4) is 0 Å². The molecule has 1 aromatic carbocycles. The van der Waals surface area contributed by atoms with Crippen molar-refractivity contribution in [2.75, 3.05) is 5.32 Å². The summed E-state index contributed by atoms with van der Waals surface area (Å²) in [6.07, 6.45) is 3.35. The van der Waals surface area contributed by atoms with Crippen LogP contribution < -0.4 is 10.9 Å². The summed E-state index contributed by atoms with van der Waals surface area (Å²) < 4.78 is 15.4. The second-order valence-corrected chi connectivity index (χ2v) is 6.07. The van der Waals surface area contributed by atoms with E-state index in [2.05, 4.69) is 29.1 Å². The highest BCUT2D eigenvalue weighted by Crippen LogP contribution is 2.21. The highest BCUT2D eigenvalue weighted by Gasteiger charge is 2.14. The largest absolute Gasteiger partial charge is 0.324 e. The summed E-state index contributed by atoms with van der Waals surface area (Å²) in [5.74, 6) is 0.0424. The Balaban J connectivity index is 2.07. The van der Waals surface area contributed by atoms with Crippen molar-refractivity contribution < 1.29 is 4.39 Å². The molecule has 25 heavy (non-hydrogen) atoms. The van der Waals surface area contributed by atoms with Gasteiger partial charge in [-0.25, -0.2) is 9.37 Å². The zero-order chi connectivity index (χ0) is 18.0. The lowest BCUT2D eigenvalue weighted by atomic mass is 10.1. The van der Waals surface area contributed by atoms with Gasteiger partial charge >= 0.3 is 0 Å². The standard InChI is InChI=1S/C19H21FN4O/c1-4-15(5-2)24-17(25)9-7-13-11-21-19(23-18(13)24)22-14-8-6-12(3)16(20)10-14/h6-11,15H,4-5H2,1-3H3,(H,21,22,23). The minimum Gasteiger partial charge on any atom is -0.324 e. The summed E-state index contributed by atoms with van der Waals surface area (Å²) in [5, 5.41) is 3.81. The van der Waals surface area contributed by atoms with Gasteiger partial charge in [0.1, 0.15) is 11.5 Å². The summed E-state index contributed by atoms with van der Waals surface area (Å²) in [6, 6.07) is 8.22. The van der Waals surface area contributed by atoms with Crippen LogP contribution in [0.2, 0.25) is 0 Å². The number of pyridine rings is 1. The number of hydrogen-bond acceptors (Lipinski definition) is 4. The molecular formula is C19H21FN4O. The van der Waals surface area contributed by atoms with Crippen molar-refractivity contribution in [2.24, 2.45) is 0 Å². The van der Waals surface area contributed by atoms with Crippen molar-refractivity contribution in [3.05, 3.63) is 58.3 Å². The van der Waals surface area contributed by atoms with E-state index in [1.54, 1.807) is 42.0 Å². The first-order valence-corrected chi connectivity index (χ1v) is 8.45. The molecule has 130 valence electrons. The number of fused-ring (bicyclic) bond motifs is 1. The van der Waals surface area contributed by atoms with Crippen LogP contribution in [0.5, 0.6) is 0 Å². The van der Waals surface area contributed by atoms with E-state index in [0.717, 1.165) is 18.2 Å². The maximum atomic E-state index is 13.7. The van der Waals surface area contributed by atoms with E-state index in [1.165, 1.54) is 6.07 Å². The Bertz CT molecular complexity index is 963. The summed E-state index contributed by atoms with van der Waals surface area (Å²) in [7, 11) is 0. The quantitative estimate of drug-likeness (QED) is 0.750. The fourth-order valence-corrected chi connectivity index (χ4v) is 2.91. The number of anilines is 2. The average Bonchev–Trinajstić information content (AvgIpc) is 2.61. The molecule has 5 nitrogen and oxygen atoms in total. The van der Waals surface area contributed by atoms with Crippen molar-refractivity contribution in [2.45, 2.75) is 39.7 Å². The lowest BCUT2D eigenvalue weighted by Crippen LogP contribution is -2.24. The molecule has 0 fully saturated rings. The number of rotatable bonds is 5. The van der Waals surface area contributed by atoms with Gasteiger partial charge in [-0.2, -0.15) is 4.98 Å². The van der Waals surface area contributed by atoms with Crippen LogP contribution in [0.4, 0.5) is 16.0 Å². The Hall–Kier alpha value is -2.76. The summed E-state index contributed by atoms with van der Waals surface area (Å²) in [4.78, 5) is 21.2. The van der Waals surface area contributed by atoms with Gasteiger partial charge in [0, 0.05) is 29.4 Å². The van der Waals surface area contributed by atoms with E-state index in [0.29, 0.717) is 22.8 Å². The Labute approximate surface area is 145 Å². The molecule has 0 unspecified atom stereocenters.